The number of hydrogen-bond acceptors (Lipinski definition) is 2. The monoisotopic (exact) mass is 115 g/mol. The van der Waals surface area contributed by atoms with Gasteiger partial charge in [-0.25, -0.2) is 0 Å². The Labute approximate surface area is 45.5 Å². The summed E-state index contributed by atoms with van der Waals surface area (Å²) in [5, 5.41) is 2.03. The number of hydrogen-bond donors (Lipinski definition) is 1. The molecule has 0 spiro atoms. The summed E-state index contributed by atoms with van der Waals surface area (Å²) in [6.45, 7) is 0. The molecule has 44 valence electrons. The molecule has 1 aliphatic heterocycles. The lowest BCUT2D eigenvalue weighted by Crippen LogP contribution is -2.19. The molecule has 0 radical (unpaired) electrons. The molecule has 0 saturated heterocycles. The number of amides is 2. The Balaban J connectivity index is 0.000000490. The maximum absolute atomic E-state index is 10.0. The molecule has 0 fully saturated rings. The molecular formula is C4H5NO3. The summed E-state index contributed by atoms with van der Waals surface area (Å²) in [5.74, 6) is -0.657. The third-order valence-electron chi connectivity index (χ3n) is 0.632. The van der Waals surface area contributed by atoms with Crippen LogP contribution in [0.1, 0.15) is 0 Å². The molecule has 1 heterocycles. The van der Waals surface area contributed by atoms with Gasteiger partial charge in [0.2, 0.25) is 0 Å². The van der Waals surface area contributed by atoms with Crippen molar-refractivity contribution < 1.29 is 15.1 Å². The zero-order valence-corrected chi connectivity index (χ0v) is 3.97. The second-order valence-corrected chi connectivity index (χ2v) is 1.19. The average Bonchev–Trinajstić information content (AvgIpc) is 1.87. The topological polar surface area (TPSA) is 77.7 Å². The summed E-state index contributed by atoms with van der Waals surface area (Å²) < 4.78 is 0. The van der Waals surface area contributed by atoms with Crippen molar-refractivity contribution in [2.75, 3.05) is 0 Å². The van der Waals surface area contributed by atoms with Crippen LogP contribution in [0.15, 0.2) is 12.2 Å². The molecule has 3 N–H and O–H groups in total. The van der Waals surface area contributed by atoms with Gasteiger partial charge in [0.05, 0.1) is 0 Å². The predicted octanol–water partition coefficient (Wildman–Crippen LogP) is -1.63. The smallest absolute Gasteiger partial charge is 0.250 e. The molecule has 1 aliphatic rings. The summed E-state index contributed by atoms with van der Waals surface area (Å²) in [5.41, 5.74) is 0. The highest BCUT2D eigenvalue weighted by molar-refractivity contribution is 6.12. The van der Waals surface area contributed by atoms with Crippen LogP contribution in [0, 0.1) is 0 Å². The van der Waals surface area contributed by atoms with Crippen LogP contribution >= 0.6 is 0 Å². The molecule has 0 aromatic rings. The van der Waals surface area contributed by atoms with Crippen molar-refractivity contribution >= 4 is 11.8 Å². The summed E-state index contributed by atoms with van der Waals surface area (Å²) in [7, 11) is 0. The van der Waals surface area contributed by atoms with Crippen molar-refractivity contribution in [2.45, 2.75) is 0 Å². The highest BCUT2D eigenvalue weighted by Crippen LogP contribution is 1.82. The van der Waals surface area contributed by atoms with Crippen LogP contribution in [0.2, 0.25) is 0 Å². The first-order chi connectivity index (χ1) is 3.29. The highest BCUT2D eigenvalue weighted by atomic mass is 16.2. The Morgan fingerprint density at radius 1 is 1.12 bits per heavy atom. The molecule has 4 nitrogen and oxygen atoms in total. The standard InChI is InChI=1S/C4H3NO2.H2O/c6-3-1-2-4(7)5-3;/h1-2H,(H,5,6,7);1H2. The first kappa shape index (κ1) is 6.84. The van der Waals surface area contributed by atoms with Crippen molar-refractivity contribution in [1.82, 2.24) is 5.32 Å². The molecule has 8 heavy (non-hydrogen) atoms. The quantitative estimate of drug-likeness (QED) is 0.385. The van der Waals surface area contributed by atoms with E-state index in [1.807, 2.05) is 5.32 Å². The Bertz CT molecular complexity index is 133. The largest absolute Gasteiger partial charge is 0.412 e. The Kier molecular flexibility index (Phi) is 1.90. The van der Waals surface area contributed by atoms with Crippen LogP contribution in [-0.2, 0) is 9.59 Å². The van der Waals surface area contributed by atoms with Crippen molar-refractivity contribution in [1.29, 1.82) is 0 Å². The molecule has 0 aliphatic carbocycles. The summed E-state index contributed by atoms with van der Waals surface area (Å²) in [4.78, 5) is 20.1. The van der Waals surface area contributed by atoms with Crippen LogP contribution in [0.4, 0.5) is 0 Å². The van der Waals surface area contributed by atoms with Gasteiger partial charge >= 0.3 is 0 Å². The fourth-order valence-corrected chi connectivity index (χ4v) is 0.356. The van der Waals surface area contributed by atoms with Gasteiger partial charge in [0.15, 0.2) is 0 Å². The highest BCUT2D eigenvalue weighted by Gasteiger charge is 2.06. The van der Waals surface area contributed by atoms with E-state index in [-0.39, 0.29) is 17.3 Å². The SMILES string of the molecule is O.O=C1C=CC(=O)N1. The van der Waals surface area contributed by atoms with Gasteiger partial charge in [0, 0.05) is 12.2 Å². The maximum atomic E-state index is 10.0. The lowest BCUT2D eigenvalue weighted by molar-refractivity contribution is -0.123. The van der Waals surface area contributed by atoms with Crippen molar-refractivity contribution in [3.63, 3.8) is 0 Å². The lowest BCUT2D eigenvalue weighted by atomic mass is 10.6. The van der Waals surface area contributed by atoms with Gasteiger partial charge in [-0.15, -0.1) is 0 Å². The van der Waals surface area contributed by atoms with Gasteiger partial charge in [-0.05, 0) is 0 Å². The number of carbonyl (C=O) groups excluding carboxylic acids is 2. The minimum Gasteiger partial charge on any atom is -0.412 e. The lowest BCUT2D eigenvalue weighted by Gasteiger charge is -1.80. The predicted molar refractivity (Wildman–Crippen MR) is 25.9 cm³/mol. The molecule has 0 saturated carbocycles. The van der Waals surface area contributed by atoms with E-state index < -0.39 is 0 Å². The van der Waals surface area contributed by atoms with Crippen molar-refractivity contribution in [3.8, 4) is 0 Å². The number of carbonyl (C=O) groups is 2. The van der Waals surface area contributed by atoms with E-state index in [1.165, 1.54) is 12.2 Å². The maximum Gasteiger partial charge on any atom is 0.250 e. The van der Waals surface area contributed by atoms with Gasteiger partial charge in [-0.3, -0.25) is 14.9 Å². The van der Waals surface area contributed by atoms with E-state index in [1.54, 1.807) is 0 Å². The minimum atomic E-state index is -0.329. The van der Waals surface area contributed by atoms with Gasteiger partial charge in [-0.1, -0.05) is 0 Å². The molecule has 2 amide bonds. The average molecular weight is 115 g/mol. The van der Waals surface area contributed by atoms with Crippen LogP contribution in [0.3, 0.4) is 0 Å². The van der Waals surface area contributed by atoms with E-state index in [9.17, 15) is 9.59 Å². The third-order valence-corrected chi connectivity index (χ3v) is 0.632. The Hall–Kier alpha value is -1.16. The van der Waals surface area contributed by atoms with Gasteiger partial charge in [-0.2, -0.15) is 0 Å². The molecule has 1 rings (SSSR count). The Morgan fingerprint density at radius 3 is 1.62 bits per heavy atom. The summed E-state index contributed by atoms with van der Waals surface area (Å²) in [6.07, 6.45) is 2.39. The van der Waals surface area contributed by atoms with E-state index in [0.717, 1.165) is 0 Å². The molecule has 0 bridgehead atoms. The molecule has 0 unspecified atom stereocenters. The van der Waals surface area contributed by atoms with Crippen LogP contribution in [0.5, 0.6) is 0 Å². The summed E-state index contributed by atoms with van der Waals surface area (Å²) in [6, 6.07) is 0. The van der Waals surface area contributed by atoms with Gasteiger partial charge < -0.3 is 5.48 Å². The van der Waals surface area contributed by atoms with Crippen molar-refractivity contribution in [3.05, 3.63) is 12.2 Å². The van der Waals surface area contributed by atoms with Crippen LogP contribution in [0.25, 0.3) is 0 Å². The normalized spacial score (nSPS) is 15.5. The number of imide groups is 1. The third kappa shape index (κ3) is 1.16. The van der Waals surface area contributed by atoms with E-state index in [4.69, 9.17) is 0 Å². The Morgan fingerprint density at radius 2 is 1.50 bits per heavy atom. The molecule has 0 aromatic carbocycles. The zero-order chi connectivity index (χ0) is 5.28. The fourth-order valence-electron chi connectivity index (χ4n) is 0.356. The fraction of sp³-hybridized carbons (Fsp3) is 0. The van der Waals surface area contributed by atoms with Gasteiger partial charge in [0.25, 0.3) is 11.8 Å². The van der Waals surface area contributed by atoms with Crippen molar-refractivity contribution in [2.24, 2.45) is 0 Å². The number of nitrogens with one attached hydrogen (secondary N) is 1. The zero-order valence-electron chi connectivity index (χ0n) is 3.97. The number of rotatable bonds is 0. The van der Waals surface area contributed by atoms with E-state index in [2.05, 4.69) is 0 Å². The second kappa shape index (κ2) is 2.23. The summed E-state index contributed by atoms with van der Waals surface area (Å²) >= 11 is 0. The van der Waals surface area contributed by atoms with Crippen LogP contribution in [-0.4, -0.2) is 17.3 Å². The first-order valence-electron chi connectivity index (χ1n) is 1.82. The molecule has 0 aromatic heterocycles. The van der Waals surface area contributed by atoms with Gasteiger partial charge in [0.1, 0.15) is 0 Å². The first-order valence-corrected chi connectivity index (χ1v) is 1.82. The minimum absolute atomic E-state index is 0. The van der Waals surface area contributed by atoms with E-state index in [0.29, 0.717) is 0 Å². The van der Waals surface area contributed by atoms with E-state index >= 15 is 0 Å². The molecule has 4 heteroatoms. The molecular weight excluding hydrogens is 110 g/mol. The van der Waals surface area contributed by atoms with Crippen LogP contribution < -0.4 is 5.32 Å². The molecule has 0 atom stereocenters. The second-order valence-electron chi connectivity index (χ2n) is 1.19.